The number of aliphatic hydroxyl groups excluding tert-OH is 1. The Morgan fingerprint density at radius 2 is 2.09 bits per heavy atom. The summed E-state index contributed by atoms with van der Waals surface area (Å²) in [6, 6.07) is 1.51. The summed E-state index contributed by atoms with van der Waals surface area (Å²) in [6.45, 7) is 7.15. The fraction of sp³-hybridized carbons (Fsp3) is 0.714. The van der Waals surface area contributed by atoms with E-state index in [9.17, 15) is 18.3 Å². The van der Waals surface area contributed by atoms with Crippen LogP contribution in [-0.2, 0) is 22.9 Å². The topological polar surface area (TPSA) is 105 Å². The summed E-state index contributed by atoms with van der Waals surface area (Å²) in [5.74, 6) is -0.363. The van der Waals surface area contributed by atoms with E-state index >= 15 is 0 Å². The van der Waals surface area contributed by atoms with Crippen molar-refractivity contribution in [2.45, 2.75) is 45.5 Å². The number of nitrogens with one attached hydrogen (secondary N) is 1. The molecule has 9 heteroatoms. The first-order chi connectivity index (χ1) is 10.4. The van der Waals surface area contributed by atoms with Crippen molar-refractivity contribution in [2.24, 2.45) is 0 Å². The van der Waals surface area contributed by atoms with Gasteiger partial charge in [0.1, 0.15) is 15.9 Å². The number of carbonyl (C=O) groups is 1. The van der Waals surface area contributed by atoms with Crippen LogP contribution in [0.3, 0.4) is 0 Å². The number of carbonyl (C=O) groups excluding carboxylic acids is 1. The number of aliphatic hydroxyl groups is 1. The van der Waals surface area contributed by atoms with Gasteiger partial charge in [0, 0.05) is 18.3 Å². The maximum absolute atomic E-state index is 12.2. The molecule has 2 amide bonds. The molecule has 0 aromatic carbocycles. The molecule has 1 aromatic rings. The van der Waals surface area contributed by atoms with Gasteiger partial charge in [-0.3, -0.25) is 4.68 Å². The fourth-order valence-corrected chi connectivity index (χ4v) is 3.14. The molecule has 2 rings (SSSR count). The summed E-state index contributed by atoms with van der Waals surface area (Å²) >= 11 is 0. The van der Waals surface area contributed by atoms with E-state index in [0.717, 1.165) is 11.9 Å². The third kappa shape index (κ3) is 4.93. The zero-order valence-corrected chi connectivity index (χ0v) is 14.7. The van der Waals surface area contributed by atoms with Crippen LogP contribution in [-0.4, -0.2) is 58.3 Å². The summed E-state index contributed by atoms with van der Waals surface area (Å²) in [6.07, 6.45) is -0.0786. The monoisotopic (exact) mass is 344 g/mol. The molecule has 0 bridgehead atoms. The minimum absolute atomic E-state index is 0.150. The molecule has 1 atom stereocenters. The Morgan fingerprint density at radius 3 is 2.65 bits per heavy atom. The van der Waals surface area contributed by atoms with Gasteiger partial charge in [0.2, 0.25) is 0 Å². The molecular weight excluding hydrogens is 320 g/mol. The molecule has 0 spiro atoms. The molecular formula is C14H24N4O4S. The number of rotatable bonds is 3. The van der Waals surface area contributed by atoms with Crippen molar-refractivity contribution < 1.29 is 18.3 Å². The normalized spacial score (nSPS) is 16.8. The highest BCUT2D eigenvalue weighted by Gasteiger charge is 2.26. The minimum atomic E-state index is -3.29. The van der Waals surface area contributed by atoms with E-state index in [1.807, 2.05) is 20.8 Å². The first-order valence-electron chi connectivity index (χ1n) is 7.44. The lowest BCUT2D eigenvalue weighted by atomic mass is 10.1. The zero-order chi connectivity index (χ0) is 17.4. The van der Waals surface area contributed by atoms with Crippen molar-refractivity contribution in [3.8, 4) is 0 Å². The summed E-state index contributed by atoms with van der Waals surface area (Å²) in [5, 5.41) is 17.1. The molecule has 1 aliphatic heterocycles. The van der Waals surface area contributed by atoms with Crippen LogP contribution in [0.15, 0.2) is 6.07 Å². The second-order valence-electron chi connectivity index (χ2n) is 6.99. The number of nitrogens with zero attached hydrogens (tertiary/aromatic N) is 3. The number of aromatic nitrogens is 2. The van der Waals surface area contributed by atoms with E-state index in [4.69, 9.17) is 0 Å². The molecule has 0 radical (unpaired) electrons. The van der Waals surface area contributed by atoms with Gasteiger partial charge in [0.15, 0.2) is 0 Å². The van der Waals surface area contributed by atoms with Crippen molar-refractivity contribution in [3.63, 3.8) is 0 Å². The molecule has 0 unspecified atom stereocenters. The molecule has 130 valence electrons. The summed E-state index contributed by atoms with van der Waals surface area (Å²) in [4.78, 5) is 13.9. The molecule has 23 heavy (non-hydrogen) atoms. The van der Waals surface area contributed by atoms with Crippen LogP contribution in [0.1, 0.15) is 38.3 Å². The first-order valence-corrected chi connectivity index (χ1v) is 9.50. The average molecular weight is 344 g/mol. The van der Waals surface area contributed by atoms with Gasteiger partial charge in [-0.15, -0.1) is 0 Å². The van der Waals surface area contributed by atoms with Crippen LogP contribution < -0.4 is 5.32 Å². The van der Waals surface area contributed by atoms with Crippen LogP contribution in [0, 0.1) is 0 Å². The summed E-state index contributed by atoms with van der Waals surface area (Å²) in [7, 11) is -3.29. The molecule has 0 fully saturated rings. The SMILES string of the molecule is CC(C)(C)NC(=O)N1CCn2nc([C@H](O)CS(C)(=O)=O)cc2C1. The fourth-order valence-electron chi connectivity index (χ4n) is 2.40. The standard InChI is InChI=1S/C14H24N4O4S/c1-14(2,3)15-13(20)17-5-6-18-10(8-17)7-11(16-18)12(19)9-23(4,21)22/h7,12,19H,5-6,8-9H2,1-4H3,(H,15,20)/t12-/m1/s1. The van der Waals surface area contributed by atoms with E-state index in [1.165, 1.54) is 0 Å². The largest absolute Gasteiger partial charge is 0.386 e. The second kappa shape index (κ2) is 6.12. The van der Waals surface area contributed by atoms with E-state index in [0.29, 0.717) is 25.3 Å². The lowest BCUT2D eigenvalue weighted by molar-refractivity contribution is 0.171. The quantitative estimate of drug-likeness (QED) is 0.820. The molecule has 0 saturated carbocycles. The van der Waals surface area contributed by atoms with Crippen molar-refractivity contribution in [1.82, 2.24) is 20.0 Å². The number of urea groups is 1. The highest BCUT2D eigenvalue weighted by molar-refractivity contribution is 7.90. The lowest BCUT2D eigenvalue weighted by Crippen LogP contribution is -2.50. The number of fused-ring (bicyclic) bond motifs is 1. The van der Waals surface area contributed by atoms with Crippen LogP contribution in [0.4, 0.5) is 4.79 Å². The Bertz CT molecular complexity index is 690. The molecule has 2 heterocycles. The maximum Gasteiger partial charge on any atom is 0.318 e. The van der Waals surface area contributed by atoms with Gasteiger partial charge in [-0.25, -0.2) is 13.2 Å². The van der Waals surface area contributed by atoms with Gasteiger partial charge < -0.3 is 15.3 Å². The number of amides is 2. The van der Waals surface area contributed by atoms with Gasteiger partial charge >= 0.3 is 6.03 Å². The third-order valence-electron chi connectivity index (χ3n) is 3.39. The second-order valence-corrected chi connectivity index (χ2v) is 9.18. The van der Waals surface area contributed by atoms with Gasteiger partial charge in [-0.1, -0.05) is 0 Å². The van der Waals surface area contributed by atoms with Gasteiger partial charge in [0.25, 0.3) is 0 Å². The lowest BCUT2D eigenvalue weighted by Gasteiger charge is -2.31. The molecule has 1 aliphatic rings. The van der Waals surface area contributed by atoms with Crippen LogP contribution in [0.5, 0.6) is 0 Å². The van der Waals surface area contributed by atoms with Gasteiger partial charge in [0.05, 0.1) is 30.2 Å². The Hall–Kier alpha value is -1.61. The smallest absolute Gasteiger partial charge is 0.318 e. The molecule has 8 nitrogen and oxygen atoms in total. The van der Waals surface area contributed by atoms with Crippen LogP contribution in [0.2, 0.25) is 0 Å². The Kier molecular flexibility index (Phi) is 4.72. The van der Waals surface area contributed by atoms with E-state index in [-0.39, 0.29) is 17.3 Å². The van der Waals surface area contributed by atoms with Crippen molar-refractivity contribution in [2.75, 3.05) is 18.6 Å². The predicted molar refractivity (Wildman–Crippen MR) is 85.6 cm³/mol. The molecule has 2 N–H and O–H groups in total. The van der Waals surface area contributed by atoms with Crippen molar-refractivity contribution in [1.29, 1.82) is 0 Å². The van der Waals surface area contributed by atoms with Crippen molar-refractivity contribution >= 4 is 15.9 Å². The molecule has 0 aliphatic carbocycles. The van der Waals surface area contributed by atoms with E-state index < -0.39 is 15.9 Å². The molecule has 1 aromatic heterocycles. The first kappa shape index (κ1) is 17.7. The summed E-state index contributed by atoms with van der Waals surface area (Å²) < 4.78 is 24.3. The van der Waals surface area contributed by atoms with Gasteiger partial charge in [-0.05, 0) is 26.8 Å². The Labute approximate surface area is 136 Å². The van der Waals surface area contributed by atoms with Crippen LogP contribution in [0.25, 0.3) is 0 Å². The third-order valence-corrected chi connectivity index (χ3v) is 4.31. The predicted octanol–water partition coefficient (Wildman–Crippen LogP) is 0.285. The Balaban J connectivity index is 2.09. The number of hydrogen-bond acceptors (Lipinski definition) is 5. The summed E-state index contributed by atoms with van der Waals surface area (Å²) in [5.41, 5.74) is 0.789. The maximum atomic E-state index is 12.2. The van der Waals surface area contributed by atoms with Gasteiger partial charge in [-0.2, -0.15) is 5.10 Å². The van der Waals surface area contributed by atoms with E-state index in [1.54, 1.807) is 15.6 Å². The highest BCUT2D eigenvalue weighted by atomic mass is 32.2. The zero-order valence-electron chi connectivity index (χ0n) is 13.9. The molecule has 0 saturated heterocycles. The van der Waals surface area contributed by atoms with E-state index in [2.05, 4.69) is 10.4 Å². The van der Waals surface area contributed by atoms with Crippen molar-refractivity contribution in [3.05, 3.63) is 17.5 Å². The minimum Gasteiger partial charge on any atom is -0.386 e. The van der Waals surface area contributed by atoms with Crippen LogP contribution >= 0.6 is 0 Å². The Morgan fingerprint density at radius 1 is 1.43 bits per heavy atom. The average Bonchev–Trinajstić information content (AvgIpc) is 2.77. The number of sulfone groups is 1. The highest BCUT2D eigenvalue weighted by Crippen LogP contribution is 2.19. The number of hydrogen-bond donors (Lipinski definition) is 2.